The molecule has 0 radical (unpaired) electrons. The molecule has 0 unspecified atom stereocenters. The van der Waals surface area contributed by atoms with Crippen molar-refractivity contribution in [2.75, 3.05) is 5.75 Å². The van der Waals surface area contributed by atoms with Gasteiger partial charge in [-0.1, -0.05) is 36.7 Å². The predicted molar refractivity (Wildman–Crippen MR) is 63.0 cm³/mol. The van der Waals surface area contributed by atoms with Crippen LogP contribution in [0.4, 0.5) is 0 Å². The normalized spacial score (nSPS) is 24.8. The van der Waals surface area contributed by atoms with Crippen LogP contribution in [0.2, 0.25) is 0 Å². The van der Waals surface area contributed by atoms with Crippen LogP contribution in [0, 0.1) is 5.92 Å². The maximum Gasteiger partial charge on any atom is 0.314 e. The van der Waals surface area contributed by atoms with Gasteiger partial charge in [0.25, 0.3) is 5.22 Å². The zero-order valence-corrected chi connectivity index (χ0v) is 10.6. The number of hydrogen-bond donors (Lipinski definition) is 1. The summed E-state index contributed by atoms with van der Waals surface area (Å²) < 4.78 is 5.03. The molecule has 0 aliphatic heterocycles. The summed E-state index contributed by atoms with van der Waals surface area (Å²) >= 11 is 1.07. The zero-order valence-electron chi connectivity index (χ0n) is 9.76. The van der Waals surface area contributed by atoms with Crippen LogP contribution >= 0.6 is 11.8 Å². The van der Waals surface area contributed by atoms with Gasteiger partial charge in [-0.15, -0.1) is 0 Å². The van der Waals surface area contributed by atoms with Crippen LogP contribution in [0.1, 0.15) is 44.3 Å². The standard InChI is InChI=1S/C11H16N2O3S/c1-7-2-4-8(5-3-7)10-12-11(16-13-10)17-6-9(14)15/h7-8H,2-6H2,1H3,(H,14,15). The fraction of sp³-hybridized carbons (Fsp3) is 0.727. The first-order chi connectivity index (χ1) is 8.15. The molecule has 0 saturated heterocycles. The fourth-order valence-corrected chi connectivity index (χ4v) is 2.58. The van der Waals surface area contributed by atoms with Gasteiger partial charge >= 0.3 is 5.97 Å². The number of aliphatic carboxylic acids is 1. The van der Waals surface area contributed by atoms with E-state index in [1.807, 2.05) is 0 Å². The lowest BCUT2D eigenvalue weighted by molar-refractivity contribution is -0.133. The van der Waals surface area contributed by atoms with Crippen molar-refractivity contribution in [1.29, 1.82) is 0 Å². The van der Waals surface area contributed by atoms with Gasteiger partial charge in [0, 0.05) is 5.92 Å². The monoisotopic (exact) mass is 256 g/mol. The molecular formula is C11H16N2O3S. The topological polar surface area (TPSA) is 76.2 Å². The summed E-state index contributed by atoms with van der Waals surface area (Å²) in [6, 6.07) is 0. The molecule has 1 aliphatic carbocycles. The Bertz CT molecular complexity index is 386. The molecule has 1 aromatic rings. The Labute approximate surface area is 104 Å². The van der Waals surface area contributed by atoms with Crippen LogP contribution in [0.5, 0.6) is 0 Å². The quantitative estimate of drug-likeness (QED) is 0.834. The minimum absolute atomic E-state index is 0.0384. The van der Waals surface area contributed by atoms with Gasteiger partial charge in [0.2, 0.25) is 0 Å². The number of nitrogens with zero attached hydrogens (tertiary/aromatic N) is 2. The summed E-state index contributed by atoms with van der Waals surface area (Å²) in [6.45, 7) is 2.26. The molecule has 0 aromatic carbocycles. The molecule has 5 nitrogen and oxygen atoms in total. The largest absolute Gasteiger partial charge is 0.481 e. The molecule has 0 atom stereocenters. The average Bonchev–Trinajstić information content (AvgIpc) is 2.76. The average molecular weight is 256 g/mol. The number of hydrogen-bond acceptors (Lipinski definition) is 5. The molecule has 1 aromatic heterocycles. The third-order valence-corrected chi connectivity index (χ3v) is 3.93. The van der Waals surface area contributed by atoms with Crippen LogP contribution in [0.25, 0.3) is 0 Å². The van der Waals surface area contributed by atoms with Crippen molar-refractivity contribution in [3.8, 4) is 0 Å². The first-order valence-electron chi connectivity index (χ1n) is 5.83. The molecule has 0 amide bonds. The lowest BCUT2D eigenvalue weighted by atomic mass is 9.83. The second-order valence-corrected chi connectivity index (χ2v) is 5.48. The predicted octanol–water partition coefficient (Wildman–Crippen LogP) is 2.54. The molecule has 2 rings (SSSR count). The van der Waals surface area contributed by atoms with E-state index in [-0.39, 0.29) is 5.75 Å². The van der Waals surface area contributed by atoms with E-state index < -0.39 is 5.97 Å². The van der Waals surface area contributed by atoms with Crippen molar-refractivity contribution in [3.63, 3.8) is 0 Å². The molecule has 1 aliphatic rings. The number of thioether (sulfide) groups is 1. The molecular weight excluding hydrogens is 240 g/mol. The van der Waals surface area contributed by atoms with Gasteiger partial charge in [-0.2, -0.15) is 4.98 Å². The Balaban J connectivity index is 1.91. The summed E-state index contributed by atoms with van der Waals surface area (Å²) in [5.41, 5.74) is 0. The van der Waals surface area contributed by atoms with E-state index in [0.29, 0.717) is 11.1 Å². The third kappa shape index (κ3) is 3.46. The van der Waals surface area contributed by atoms with Crippen molar-refractivity contribution >= 4 is 17.7 Å². The van der Waals surface area contributed by atoms with E-state index in [2.05, 4.69) is 17.1 Å². The second kappa shape index (κ2) is 5.53. The molecule has 6 heteroatoms. The van der Waals surface area contributed by atoms with E-state index in [9.17, 15) is 4.79 Å². The van der Waals surface area contributed by atoms with Crippen LogP contribution in [-0.2, 0) is 4.79 Å². The van der Waals surface area contributed by atoms with Gasteiger partial charge in [-0.3, -0.25) is 4.79 Å². The maximum atomic E-state index is 10.4. The molecule has 17 heavy (non-hydrogen) atoms. The van der Waals surface area contributed by atoms with Crippen LogP contribution < -0.4 is 0 Å². The molecule has 0 spiro atoms. The molecule has 1 saturated carbocycles. The van der Waals surface area contributed by atoms with E-state index in [1.54, 1.807) is 0 Å². The van der Waals surface area contributed by atoms with E-state index >= 15 is 0 Å². The maximum absolute atomic E-state index is 10.4. The van der Waals surface area contributed by atoms with Crippen molar-refractivity contribution in [1.82, 2.24) is 10.1 Å². The Morgan fingerprint density at radius 3 is 2.82 bits per heavy atom. The van der Waals surface area contributed by atoms with Crippen LogP contribution in [-0.4, -0.2) is 27.0 Å². The first-order valence-corrected chi connectivity index (χ1v) is 6.82. The Kier molecular flexibility index (Phi) is 4.04. The van der Waals surface area contributed by atoms with Gasteiger partial charge in [0.05, 0.1) is 0 Å². The van der Waals surface area contributed by atoms with E-state index in [4.69, 9.17) is 9.63 Å². The van der Waals surface area contributed by atoms with Crippen molar-refractivity contribution in [2.45, 2.75) is 43.7 Å². The van der Waals surface area contributed by atoms with E-state index in [0.717, 1.165) is 36.3 Å². The number of aromatic nitrogens is 2. The first kappa shape index (κ1) is 12.4. The number of rotatable bonds is 4. The van der Waals surface area contributed by atoms with Crippen LogP contribution in [0.15, 0.2) is 9.75 Å². The highest BCUT2D eigenvalue weighted by atomic mass is 32.2. The third-order valence-electron chi connectivity index (χ3n) is 3.12. The minimum Gasteiger partial charge on any atom is -0.481 e. The fourth-order valence-electron chi connectivity index (χ4n) is 2.09. The summed E-state index contributed by atoms with van der Waals surface area (Å²) in [7, 11) is 0. The molecule has 1 N–H and O–H groups in total. The van der Waals surface area contributed by atoms with Crippen molar-refractivity contribution in [2.24, 2.45) is 5.92 Å². The van der Waals surface area contributed by atoms with Gasteiger partial charge in [0.15, 0.2) is 5.82 Å². The lowest BCUT2D eigenvalue weighted by Gasteiger charge is -2.23. The van der Waals surface area contributed by atoms with Gasteiger partial charge < -0.3 is 9.63 Å². The van der Waals surface area contributed by atoms with Gasteiger partial charge in [-0.05, 0) is 18.8 Å². The van der Waals surface area contributed by atoms with Crippen molar-refractivity contribution < 1.29 is 14.4 Å². The number of carbonyl (C=O) groups is 1. The van der Waals surface area contributed by atoms with Crippen LogP contribution in [0.3, 0.4) is 0 Å². The molecule has 0 bridgehead atoms. The summed E-state index contributed by atoms with van der Waals surface area (Å²) in [5, 5.41) is 12.9. The Hall–Kier alpha value is -1.04. The highest BCUT2D eigenvalue weighted by Crippen LogP contribution is 2.34. The highest BCUT2D eigenvalue weighted by molar-refractivity contribution is 7.99. The summed E-state index contributed by atoms with van der Waals surface area (Å²) in [5.74, 6) is 1.00. The van der Waals surface area contributed by atoms with Gasteiger partial charge in [0.1, 0.15) is 5.75 Å². The molecule has 94 valence electrons. The minimum atomic E-state index is -0.874. The Morgan fingerprint density at radius 2 is 2.18 bits per heavy atom. The highest BCUT2D eigenvalue weighted by Gasteiger charge is 2.24. The van der Waals surface area contributed by atoms with Gasteiger partial charge in [-0.25, -0.2) is 0 Å². The summed E-state index contributed by atoms with van der Waals surface area (Å²) in [4.78, 5) is 14.7. The zero-order chi connectivity index (χ0) is 12.3. The lowest BCUT2D eigenvalue weighted by Crippen LogP contribution is -2.11. The number of carboxylic acids is 1. The summed E-state index contributed by atoms with van der Waals surface area (Å²) in [6.07, 6.45) is 4.61. The molecule has 1 heterocycles. The SMILES string of the molecule is CC1CCC(c2noc(SCC(=O)O)n2)CC1. The smallest absolute Gasteiger partial charge is 0.314 e. The number of carboxylic acid groups (broad SMARTS) is 1. The van der Waals surface area contributed by atoms with E-state index in [1.165, 1.54) is 12.8 Å². The Morgan fingerprint density at radius 1 is 1.47 bits per heavy atom. The second-order valence-electron chi connectivity index (χ2n) is 4.56. The molecule has 1 fully saturated rings. The van der Waals surface area contributed by atoms with Crippen molar-refractivity contribution in [3.05, 3.63) is 5.82 Å².